The lowest BCUT2D eigenvalue weighted by Gasteiger charge is -2.35. The normalized spacial score (nSPS) is 18.5. The number of carboxylic acid groups (broad SMARTS) is 1. The van der Waals surface area contributed by atoms with Crippen molar-refractivity contribution in [1.29, 1.82) is 0 Å². The van der Waals surface area contributed by atoms with Gasteiger partial charge in [-0.2, -0.15) is 0 Å². The van der Waals surface area contributed by atoms with E-state index in [4.69, 9.17) is 5.11 Å². The van der Waals surface area contributed by atoms with Crippen LogP contribution in [0, 0.1) is 0 Å². The van der Waals surface area contributed by atoms with Crippen molar-refractivity contribution in [2.24, 2.45) is 0 Å². The molecule has 1 fully saturated rings. The molecule has 5 nitrogen and oxygen atoms in total. The number of rotatable bonds is 4. The topological polar surface area (TPSA) is 73.4 Å². The molecule has 3 heterocycles. The molecule has 0 aliphatic carbocycles. The first-order chi connectivity index (χ1) is 10.6. The molecular formula is C16H18N2O3S. The summed E-state index contributed by atoms with van der Waals surface area (Å²) in [5.41, 5.74) is 1.23. The number of carbonyl (C=O) groups excluding carboxylic acids is 1. The van der Waals surface area contributed by atoms with Crippen LogP contribution in [0.2, 0.25) is 0 Å². The van der Waals surface area contributed by atoms with Gasteiger partial charge in [0.15, 0.2) is 0 Å². The molecule has 2 aromatic rings. The number of carbonyl (C=O) groups is 2. The monoisotopic (exact) mass is 318 g/mol. The predicted molar refractivity (Wildman–Crippen MR) is 86.6 cm³/mol. The largest absolute Gasteiger partial charge is 0.478 e. The Morgan fingerprint density at radius 3 is 3.05 bits per heavy atom. The van der Waals surface area contributed by atoms with Gasteiger partial charge in [0.2, 0.25) is 0 Å². The van der Waals surface area contributed by atoms with Crippen LogP contribution in [0.1, 0.15) is 46.5 Å². The summed E-state index contributed by atoms with van der Waals surface area (Å²) in [6, 6.07) is 1.95. The molecule has 1 amide bonds. The number of hydrogen-bond acceptors (Lipinski definition) is 3. The molecule has 1 unspecified atom stereocenters. The van der Waals surface area contributed by atoms with Crippen LogP contribution in [0.3, 0.4) is 0 Å². The molecule has 22 heavy (non-hydrogen) atoms. The average Bonchev–Trinajstić information content (AvgIpc) is 3.07. The summed E-state index contributed by atoms with van der Waals surface area (Å²) in [5.74, 6) is -1.03. The second kappa shape index (κ2) is 5.96. The summed E-state index contributed by atoms with van der Waals surface area (Å²) >= 11 is 1.34. The SMILES string of the molecule is C=CCC1CCCCN1C(=O)c1cc2scc(C(=O)O)c2[nH]1. The maximum Gasteiger partial charge on any atom is 0.338 e. The van der Waals surface area contributed by atoms with Gasteiger partial charge in [-0.05, 0) is 31.7 Å². The zero-order valence-electron chi connectivity index (χ0n) is 12.2. The average molecular weight is 318 g/mol. The molecule has 3 rings (SSSR count). The first-order valence-corrected chi connectivity index (χ1v) is 8.25. The van der Waals surface area contributed by atoms with Gasteiger partial charge in [-0.3, -0.25) is 4.79 Å². The van der Waals surface area contributed by atoms with Gasteiger partial charge in [-0.25, -0.2) is 4.79 Å². The Labute approximate surface area is 132 Å². The Balaban J connectivity index is 1.90. The summed E-state index contributed by atoms with van der Waals surface area (Å²) in [7, 11) is 0. The van der Waals surface area contributed by atoms with E-state index in [9.17, 15) is 9.59 Å². The molecule has 6 heteroatoms. The lowest BCUT2D eigenvalue weighted by molar-refractivity contribution is 0.0610. The third kappa shape index (κ3) is 2.54. The summed E-state index contributed by atoms with van der Waals surface area (Å²) in [5, 5.41) is 10.8. The fourth-order valence-corrected chi connectivity index (χ4v) is 3.97. The fraction of sp³-hybridized carbons (Fsp3) is 0.375. The van der Waals surface area contributed by atoms with Crippen LogP contribution >= 0.6 is 11.3 Å². The van der Waals surface area contributed by atoms with Crippen molar-refractivity contribution in [1.82, 2.24) is 9.88 Å². The van der Waals surface area contributed by atoms with Gasteiger partial charge in [0, 0.05) is 18.0 Å². The quantitative estimate of drug-likeness (QED) is 0.847. The Hall–Kier alpha value is -2.08. The number of amides is 1. The van der Waals surface area contributed by atoms with Crippen LogP contribution in [0.5, 0.6) is 0 Å². The van der Waals surface area contributed by atoms with Crippen LogP contribution in [0.15, 0.2) is 24.1 Å². The molecule has 0 aromatic carbocycles. The molecule has 116 valence electrons. The van der Waals surface area contributed by atoms with Gasteiger partial charge in [0.05, 0.1) is 15.8 Å². The number of aromatic nitrogens is 1. The van der Waals surface area contributed by atoms with Crippen molar-refractivity contribution in [2.45, 2.75) is 31.7 Å². The Bertz CT molecular complexity index is 731. The van der Waals surface area contributed by atoms with Crippen molar-refractivity contribution < 1.29 is 14.7 Å². The lowest BCUT2D eigenvalue weighted by atomic mass is 9.99. The van der Waals surface area contributed by atoms with Crippen LogP contribution in [-0.4, -0.2) is 39.5 Å². The first kappa shape index (κ1) is 14.8. The van der Waals surface area contributed by atoms with E-state index in [0.717, 1.165) is 36.9 Å². The summed E-state index contributed by atoms with van der Waals surface area (Å²) in [4.78, 5) is 28.8. The highest BCUT2D eigenvalue weighted by molar-refractivity contribution is 7.17. The van der Waals surface area contributed by atoms with Crippen LogP contribution in [-0.2, 0) is 0 Å². The van der Waals surface area contributed by atoms with Crippen LogP contribution in [0.4, 0.5) is 0 Å². The van der Waals surface area contributed by atoms with E-state index in [1.807, 2.05) is 11.0 Å². The molecular weight excluding hydrogens is 300 g/mol. The molecule has 2 N–H and O–H groups in total. The third-order valence-corrected chi connectivity index (χ3v) is 5.07. The van der Waals surface area contributed by atoms with Crippen molar-refractivity contribution in [2.75, 3.05) is 6.54 Å². The van der Waals surface area contributed by atoms with Crippen molar-refractivity contribution in [3.63, 3.8) is 0 Å². The Morgan fingerprint density at radius 2 is 2.32 bits per heavy atom. The number of nitrogens with zero attached hydrogens (tertiary/aromatic N) is 1. The van der Waals surface area contributed by atoms with Crippen molar-refractivity contribution in [3.8, 4) is 0 Å². The molecule has 0 saturated carbocycles. The molecule has 0 bridgehead atoms. The fourth-order valence-electron chi connectivity index (χ4n) is 3.04. The second-order valence-corrected chi connectivity index (χ2v) is 6.46. The van der Waals surface area contributed by atoms with E-state index >= 15 is 0 Å². The molecule has 2 aromatic heterocycles. The molecule has 1 atom stereocenters. The minimum Gasteiger partial charge on any atom is -0.478 e. The number of nitrogens with one attached hydrogen (secondary N) is 1. The zero-order valence-corrected chi connectivity index (χ0v) is 13.0. The lowest BCUT2D eigenvalue weighted by Crippen LogP contribution is -2.43. The van der Waals surface area contributed by atoms with Gasteiger partial charge in [-0.15, -0.1) is 17.9 Å². The van der Waals surface area contributed by atoms with Crippen LogP contribution < -0.4 is 0 Å². The van der Waals surface area contributed by atoms with E-state index in [0.29, 0.717) is 11.2 Å². The second-order valence-electron chi connectivity index (χ2n) is 5.55. The minimum absolute atomic E-state index is 0.0497. The van der Waals surface area contributed by atoms with Gasteiger partial charge in [0.25, 0.3) is 5.91 Å². The standard InChI is InChI=1S/C16H18N2O3S/c1-2-5-10-6-3-4-7-18(10)15(19)12-8-13-14(17-12)11(9-22-13)16(20)21/h2,8-10,17H,1,3-7H2,(H,20,21). The number of thiophene rings is 1. The number of piperidine rings is 1. The molecule has 0 radical (unpaired) electrons. The number of aromatic amines is 1. The van der Waals surface area contributed by atoms with Gasteiger partial charge in [0.1, 0.15) is 5.69 Å². The van der Waals surface area contributed by atoms with Crippen LogP contribution in [0.25, 0.3) is 10.2 Å². The summed E-state index contributed by atoms with van der Waals surface area (Å²) in [6.45, 7) is 4.52. The number of fused-ring (bicyclic) bond motifs is 1. The predicted octanol–water partition coefficient (Wildman–Crippen LogP) is 3.50. The zero-order chi connectivity index (χ0) is 15.7. The number of hydrogen-bond donors (Lipinski definition) is 2. The molecule has 0 spiro atoms. The third-order valence-electron chi connectivity index (χ3n) is 4.14. The molecule has 1 saturated heterocycles. The van der Waals surface area contributed by atoms with Crippen molar-refractivity contribution in [3.05, 3.63) is 35.4 Å². The van der Waals surface area contributed by atoms with E-state index in [1.165, 1.54) is 11.3 Å². The van der Waals surface area contributed by atoms with Crippen molar-refractivity contribution >= 4 is 33.4 Å². The highest BCUT2D eigenvalue weighted by atomic mass is 32.1. The van der Waals surface area contributed by atoms with Gasteiger partial charge >= 0.3 is 5.97 Å². The molecule has 1 aliphatic rings. The highest BCUT2D eigenvalue weighted by Gasteiger charge is 2.28. The minimum atomic E-state index is -0.977. The Morgan fingerprint density at radius 1 is 1.50 bits per heavy atom. The summed E-state index contributed by atoms with van der Waals surface area (Å²) < 4.78 is 0.804. The summed E-state index contributed by atoms with van der Waals surface area (Å²) in [6.07, 6.45) is 5.78. The Kier molecular flexibility index (Phi) is 4.02. The van der Waals surface area contributed by atoms with E-state index in [1.54, 1.807) is 11.4 Å². The highest BCUT2D eigenvalue weighted by Crippen LogP contribution is 2.28. The maximum atomic E-state index is 12.8. The van der Waals surface area contributed by atoms with Gasteiger partial charge < -0.3 is 15.0 Å². The molecule has 1 aliphatic heterocycles. The van der Waals surface area contributed by atoms with E-state index in [2.05, 4.69) is 11.6 Å². The maximum absolute atomic E-state index is 12.8. The number of carboxylic acids is 1. The smallest absolute Gasteiger partial charge is 0.338 e. The van der Waals surface area contributed by atoms with E-state index < -0.39 is 5.97 Å². The number of likely N-dealkylation sites (tertiary alicyclic amines) is 1. The number of H-pyrrole nitrogens is 1. The first-order valence-electron chi connectivity index (χ1n) is 7.37. The number of aromatic carboxylic acids is 1. The van der Waals surface area contributed by atoms with E-state index in [-0.39, 0.29) is 17.5 Å². The van der Waals surface area contributed by atoms with Gasteiger partial charge in [-0.1, -0.05) is 6.08 Å².